The van der Waals surface area contributed by atoms with Crippen molar-refractivity contribution in [3.63, 3.8) is 0 Å². The molecule has 0 aromatic heterocycles. The molecule has 1 aliphatic carbocycles. The Bertz CT molecular complexity index is 201. The molecular formula is C12H22O. The quantitative estimate of drug-likeness (QED) is 0.618. The molecule has 0 aromatic rings. The van der Waals surface area contributed by atoms with E-state index in [4.69, 9.17) is 0 Å². The minimum Gasteiger partial charge on any atom is -0.393 e. The van der Waals surface area contributed by atoms with E-state index in [9.17, 15) is 5.11 Å². The maximum Gasteiger partial charge on any atom is 0.0551 e. The van der Waals surface area contributed by atoms with E-state index < -0.39 is 0 Å². The smallest absolute Gasteiger partial charge is 0.0551 e. The lowest BCUT2D eigenvalue weighted by Crippen LogP contribution is -2.28. The monoisotopic (exact) mass is 182 g/mol. The number of allylic oxidation sites excluding steroid dienone is 2. The van der Waals surface area contributed by atoms with Gasteiger partial charge in [-0.1, -0.05) is 39.3 Å². The van der Waals surface area contributed by atoms with Gasteiger partial charge in [0.05, 0.1) is 6.10 Å². The molecule has 0 aromatic carbocycles. The third-order valence-corrected chi connectivity index (χ3v) is 2.90. The first-order valence-corrected chi connectivity index (χ1v) is 5.31. The lowest BCUT2D eigenvalue weighted by molar-refractivity contribution is 0.0959. The molecule has 1 unspecified atom stereocenters. The van der Waals surface area contributed by atoms with Crippen LogP contribution in [0.15, 0.2) is 11.6 Å². The van der Waals surface area contributed by atoms with Gasteiger partial charge < -0.3 is 5.11 Å². The first-order chi connectivity index (χ1) is 5.92. The minimum atomic E-state index is -0.0840. The second-order valence-corrected chi connectivity index (χ2v) is 5.22. The summed E-state index contributed by atoms with van der Waals surface area (Å²) in [6.07, 6.45) is 5.23. The second-order valence-electron chi connectivity index (χ2n) is 5.22. The predicted molar refractivity (Wildman–Crippen MR) is 56.6 cm³/mol. The zero-order valence-electron chi connectivity index (χ0n) is 9.30. The van der Waals surface area contributed by atoms with Gasteiger partial charge in [0, 0.05) is 0 Å². The average Bonchev–Trinajstić information content (AvgIpc) is 1.93. The molecule has 0 spiro atoms. The Morgan fingerprint density at radius 2 is 2.08 bits per heavy atom. The van der Waals surface area contributed by atoms with Gasteiger partial charge in [-0.3, -0.25) is 0 Å². The maximum absolute atomic E-state index is 9.57. The molecule has 1 saturated carbocycles. The topological polar surface area (TPSA) is 20.2 Å². The largest absolute Gasteiger partial charge is 0.393 e. The van der Waals surface area contributed by atoms with Gasteiger partial charge >= 0.3 is 0 Å². The van der Waals surface area contributed by atoms with Gasteiger partial charge in [-0.15, -0.1) is 0 Å². The standard InChI is InChI=1S/C12H22O/c1-9(2)7-10-5-6-11(13)8-12(10,3)4/h7,9,11,13H,5-6,8H2,1-4H3. The molecule has 0 radical (unpaired) electrons. The van der Waals surface area contributed by atoms with E-state index in [2.05, 4.69) is 33.8 Å². The van der Waals surface area contributed by atoms with Gasteiger partial charge in [-0.2, -0.15) is 0 Å². The number of aliphatic hydroxyl groups is 1. The van der Waals surface area contributed by atoms with Crippen molar-refractivity contribution in [1.29, 1.82) is 0 Å². The van der Waals surface area contributed by atoms with Crippen molar-refractivity contribution in [3.8, 4) is 0 Å². The normalized spacial score (nSPS) is 31.2. The highest BCUT2D eigenvalue weighted by atomic mass is 16.3. The molecule has 0 aliphatic heterocycles. The molecular weight excluding hydrogens is 160 g/mol. The second kappa shape index (κ2) is 3.83. The first kappa shape index (κ1) is 10.8. The van der Waals surface area contributed by atoms with Crippen LogP contribution < -0.4 is 0 Å². The van der Waals surface area contributed by atoms with Crippen molar-refractivity contribution in [2.45, 2.75) is 53.1 Å². The molecule has 1 aliphatic rings. The molecule has 1 fully saturated rings. The minimum absolute atomic E-state index is 0.0840. The molecule has 0 heterocycles. The predicted octanol–water partition coefficient (Wildman–Crippen LogP) is 3.14. The van der Waals surface area contributed by atoms with Crippen molar-refractivity contribution >= 4 is 0 Å². The molecule has 1 rings (SSSR count). The first-order valence-electron chi connectivity index (χ1n) is 5.31. The van der Waals surface area contributed by atoms with Crippen LogP contribution >= 0.6 is 0 Å². The lowest BCUT2D eigenvalue weighted by atomic mass is 9.71. The van der Waals surface area contributed by atoms with Crippen LogP contribution in [0.4, 0.5) is 0 Å². The number of rotatable bonds is 1. The van der Waals surface area contributed by atoms with Crippen LogP contribution in [-0.2, 0) is 0 Å². The van der Waals surface area contributed by atoms with Crippen LogP contribution in [0, 0.1) is 11.3 Å². The summed E-state index contributed by atoms with van der Waals surface area (Å²) >= 11 is 0. The fourth-order valence-corrected chi connectivity index (χ4v) is 2.19. The van der Waals surface area contributed by atoms with E-state index in [0.29, 0.717) is 5.92 Å². The van der Waals surface area contributed by atoms with Gasteiger partial charge in [-0.05, 0) is 30.6 Å². The van der Waals surface area contributed by atoms with Crippen LogP contribution in [0.1, 0.15) is 47.0 Å². The Labute approximate surface area is 81.9 Å². The molecule has 1 nitrogen and oxygen atoms in total. The highest BCUT2D eigenvalue weighted by Gasteiger charge is 2.30. The van der Waals surface area contributed by atoms with Crippen LogP contribution in [0.2, 0.25) is 0 Å². The van der Waals surface area contributed by atoms with Crippen molar-refractivity contribution in [3.05, 3.63) is 11.6 Å². The Balaban J connectivity index is 2.75. The third-order valence-electron chi connectivity index (χ3n) is 2.90. The summed E-state index contributed by atoms with van der Waals surface area (Å²) in [7, 11) is 0. The number of aliphatic hydroxyl groups excluding tert-OH is 1. The van der Waals surface area contributed by atoms with Gasteiger partial charge in [0.15, 0.2) is 0 Å². The molecule has 0 amide bonds. The Morgan fingerprint density at radius 3 is 2.54 bits per heavy atom. The molecule has 1 N–H and O–H groups in total. The molecule has 76 valence electrons. The summed E-state index contributed by atoms with van der Waals surface area (Å²) < 4.78 is 0. The maximum atomic E-state index is 9.57. The van der Waals surface area contributed by atoms with E-state index in [0.717, 1.165) is 19.3 Å². The van der Waals surface area contributed by atoms with Gasteiger partial charge in [0.25, 0.3) is 0 Å². The molecule has 13 heavy (non-hydrogen) atoms. The number of hydrogen-bond donors (Lipinski definition) is 1. The fourth-order valence-electron chi connectivity index (χ4n) is 2.19. The van der Waals surface area contributed by atoms with Gasteiger partial charge in [0.1, 0.15) is 0 Å². The number of hydrogen-bond acceptors (Lipinski definition) is 1. The summed E-state index contributed by atoms with van der Waals surface area (Å²) in [5, 5.41) is 9.57. The molecule has 0 saturated heterocycles. The summed E-state index contributed by atoms with van der Waals surface area (Å²) in [4.78, 5) is 0. The lowest BCUT2D eigenvalue weighted by Gasteiger charge is -2.36. The van der Waals surface area contributed by atoms with Crippen LogP contribution in [-0.4, -0.2) is 11.2 Å². The van der Waals surface area contributed by atoms with E-state index in [1.807, 2.05) is 0 Å². The third kappa shape index (κ3) is 2.84. The van der Waals surface area contributed by atoms with E-state index in [-0.39, 0.29) is 11.5 Å². The van der Waals surface area contributed by atoms with E-state index in [1.165, 1.54) is 5.57 Å². The summed E-state index contributed by atoms with van der Waals surface area (Å²) in [6.45, 7) is 8.91. The van der Waals surface area contributed by atoms with Crippen LogP contribution in [0.3, 0.4) is 0 Å². The highest BCUT2D eigenvalue weighted by Crippen LogP contribution is 2.40. The van der Waals surface area contributed by atoms with Crippen LogP contribution in [0.5, 0.6) is 0 Å². The Morgan fingerprint density at radius 1 is 1.46 bits per heavy atom. The zero-order chi connectivity index (χ0) is 10.1. The van der Waals surface area contributed by atoms with E-state index in [1.54, 1.807) is 0 Å². The van der Waals surface area contributed by atoms with Crippen molar-refractivity contribution < 1.29 is 5.11 Å². The highest BCUT2D eigenvalue weighted by molar-refractivity contribution is 5.16. The SMILES string of the molecule is CC(C)C=C1CCC(O)CC1(C)C. The van der Waals surface area contributed by atoms with Gasteiger partial charge in [0.2, 0.25) is 0 Å². The molecule has 0 bridgehead atoms. The summed E-state index contributed by atoms with van der Waals surface area (Å²) in [5.74, 6) is 0.629. The van der Waals surface area contributed by atoms with Crippen molar-refractivity contribution in [2.24, 2.45) is 11.3 Å². The fraction of sp³-hybridized carbons (Fsp3) is 0.833. The van der Waals surface area contributed by atoms with Crippen molar-refractivity contribution in [1.82, 2.24) is 0 Å². The molecule has 1 atom stereocenters. The Kier molecular flexibility index (Phi) is 3.18. The van der Waals surface area contributed by atoms with E-state index >= 15 is 0 Å². The zero-order valence-corrected chi connectivity index (χ0v) is 9.30. The average molecular weight is 182 g/mol. The molecule has 1 heteroatoms. The van der Waals surface area contributed by atoms with Crippen LogP contribution in [0.25, 0.3) is 0 Å². The summed E-state index contributed by atoms with van der Waals surface area (Å²) in [5.41, 5.74) is 1.75. The summed E-state index contributed by atoms with van der Waals surface area (Å²) in [6, 6.07) is 0. The Hall–Kier alpha value is -0.300. The van der Waals surface area contributed by atoms with Gasteiger partial charge in [-0.25, -0.2) is 0 Å². The van der Waals surface area contributed by atoms with Crippen molar-refractivity contribution in [2.75, 3.05) is 0 Å².